The third kappa shape index (κ3) is 4.03. The maximum absolute atomic E-state index is 12.9. The topological polar surface area (TPSA) is 101 Å². The van der Waals surface area contributed by atoms with Gasteiger partial charge in [0.15, 0.2) is 11.5 Å². The fourth-order valence-corrected chi connectivity index (χ4v) is 3.97. The Hall–Kier alpha value is -3.62. The predicted octanol–water partition coefficient (Wildman–Crippen LogP) is 1.49. The first kappa shape index (κ1) is 20.6. The van der Waals surface area contributed by atoms with Crippen LogP contribution in [0.25, 0.3) is 0 Å². The zero-order chi connectivity index (χ0) is 22.0. The molecule has 0 aliphatic carbocycles. The number of urea groups is 1. The Morgan fingerprint density at radius 2 is 1.81 bits per heavy atom. The van der Waals surface area contributed by atoms with Crippen LogP contribution in [0.3, 0.4) is 0 Å². The molecule has 31 heavy (non-hydrogen) atoms. The van der Waals surface area contributed by atoms with Gasteiger partial charge in [0.2, 0.25) is 5.91 Å². The second-order valence-electron chi connectivity index (χ2n) is 7.48. The number of hydrogen-bond acceptors (Lipinski definition) is 6. The highest BCUT2D eigenvalue weighted by Crippen LogP contribution is 2.37. The lowest BCUT2D eigenvalue weighted by Gasteiger charge is -2.29. The summed E-state index contributed by atoms with van der Waals surface area (Å²) in [7, 11) is 3.12. The Bertz CT molecular complexity index is 959. The Balaban J connectivity index is 1.39. The van der Waals surface area contributed by atoms with Crippen LogP contribution in [0.15, 0.2) is 36.7 Å². The van der Waals surface area contributed by atoms with E-state index in [0.29, 0.717) is 31.0 Å². The van der Waals surface area contributed by atoms with E-state index in [0.717, 1.165) is 16.7 Å². The Morgan fingerprint density at radius 1 is 1.13 bits per heavy atom. The first-order chi connectivity index (χ1) is 15.0. The average molecular weight is 424 g/mol. The maximum atomic E-state index is 12.9. The number of ether oxygens (including phenoxy) is 2. The van der Waals surface area contributed by atoms with Crippen molar-refractivity contribution in [2.24, 2.45) is 0 Å². The van der Waals surface area contributed by atoms with Gasteiger partial charge < -0.3 is 19.7 Å². The predicted molar refractivity (Wildman–Crippen MR) is 110 cm³/mol. The van der Waals surface area contributed by atoms with E-state index in [1.54, 1.807) is 31.5 Å². The molecule has 4 amide bonds. The van der Waals surface area contributed by atoms with Crippen LogP contribution in [-0.4, -0.2) is 59.4 Å². The lowest BCUT2D eigenvalue weighted by atomic mass is 9.94. The Kier molecular flexibility index (Phi) is 5.75. The maximum Gasteiger partial charge on any atom is 0.327 e. The number of hydrogen-bond donors (Lipinski definition) is 1. The standard InChI is InChI=1S/C22H24N4O5/c1-30-18-10-15-9-17-21(28)25(22(29)26(17)13-16(15)11-19(18)31-2)8-5-20(27)24-12-14-3-6-23-7-4-14/h3-4,6-7,10-11,17H,5,8-9,12-13H2,1-2H3,(H,24,27)/t17-/m1/s1. The van der Waals surface area contributed by atoms with E-state index in [1.807, 2.05) is 24.3 Å². The molecule has 1 aromatic carbocycles. The summed E-state index contributed by atoms with van der Waals surface area (Å²) in [6.07, 6.45) is 3.77. The summed E-state index contributed by atoms with van der Waals surface area (Å²) in [5, 5.41) is 2.80. The zero-order valence-electron chi connectivity index (χ0n) is 17.5. The molecule has 2 aliphatic heterocycles. The monoisotopic (exact) mass is 424 g/mol. The van der Waals surface area contributed by atoms with E-state index in [1.165, 1.54) is 4.90 Å². The van der Waals surface area contributed by atoms with E-state index in [4.69, 9.17) is 9.47 Å². The van der Waals surface area contributed by atoms with Crippen molar-refractivity contribution in [2.45, 2.75) is 32.0 Å². The van der Waals surface area contributed by atoms with Crippen LogP contribution < -0.4 is 14.8 Å². The van der Waals surface area contributed by atoms with Crippen LogP contribution in [0, 0.1) is 0 Å². The van der Waals surface area contributed by atoms with Gasteiger partial charge in [-0.05, 0) is 41.0 Å². The minimum atomic E-state index is -0.557. The molecule has 1 atom stereocenters. The molecule has 1 N–H and O–H groups in total. The van der Waals surface area contributed by atoms with Gasteiger partial charge in [-0.1, -0.05) is 0 Å². The van der Waals surface area contributed by atoms with Gasteiger partial charge in [-0.3, -0.25) is 19.5 Å². The highest BCUT2D eigenvalue weighted by molar-refractivity contribution is 6.05. The summed E-state index contributed by atoms with van der Waals surface area (Å²) in [5.74, 6) is 0.682. The number of pyridine rings is 1. The number of benzene rings is 1. The van der Waals surface area contributed by atoms with E-state index in [2.05, 4.69) is 10.3 Å². The second kappa shape index (κ2) is 8.63. The molecule has 0 bridgehead atoms. The molecule has 1 fully saturated rings. The summed E-state index contributed by atoms with van der Waals surface area (Å²) >= 11 is 0. The fourth-order valence-electron chi connectivity index (χ4n) is 3.97. The quantitative estimate of drug-likeness (QED) is 0.676. The van der Waals surface area contributed by atoms with Crippen molar-refractivity contribution in [3.8, 4) is 11.5 Å². The molecule has 4 rings (SSSR count). The van der Waals surface area contributed by atoms with Gasteiger partial charge >= 0.3 is 6.03 Å². The number of methoxy groups -OCH3 is 2. The smallest absolute Gasteiger partial charge is 0.327 e. The molecular weight excluding hydrogens is 400 g/mol. The second-order valence-corrected chi connectivity index (χ2v) is 7.48. The highest BCUT2D eigenvalue weighted by Gasteiger charge is 2.47. The van der Waals surface area contributed by atoms with Crippen molar-refractivity contribution in [1.82, 2.24) is 20.1 Å². The lowest BCUT2D eigenvalue weighted by Crippen LogP contribution is -2.40. The van der Waals surface area contributed by atoms with Crippen LogP contribution in [0.4, 0.5) is 4.79 Å². The summed E-state index contributed by atoms with van der Waals surface area (Å²) in [4.78, 5) is 44.6. The number of nitrogens with one attached hydrogen (secondary N) is 1. The van der Waals surface area contributed by atoms with Crippen LogP contribution in [0.1, 0.15) is 23.1 Å². The van der Waals surface area contributed by atoms with Gasteiger partial charge in [0, 0.05) is 44.9 Å². The molecule has 0 saturated carbocycles. The minimum Gasteiger partial charge on any atom is -0.493 e. The number of fused-ring (bicyclic) bond motifs is 2. The van der Waals surface area contributed by atoms with Crippen molar-refractivity contribution < 1.29 is 23.9 Å². The van der Waals surface area contributed by atoms with Crippen molar-refractivity contribution in [3.05, 3.63) is 53.3 Å². The van der Waals surface area contributed by atoms with Crippen molar-refractivity contribution in [2.75, 3.05) is 20.8 Å². The van der Waals surface area contributed by atoms with Crippen molar-refractivity contribution in [1.29, 1.82) is 0 Å². The van der Waals surface area contributed by atoms with Gasteiger partial charge in [0.1, 0.15) is 6.04 Å². The summed E-state index contributed by atoms with van der Waals surface area (Å²) in [6.45, 7) is 0.739. The van der Waals surface area contributed by atoms with Crippen molar-refractivity contribution in [3.63, 3.8) is 0 Å². The number of imide groups is 1. The van der Waals surface area contributed by atoms with E-state index in [-0.39, 0.29) is 30.8 Å². The molecule has 2 aliphatic rings. The number of rotatable bonds is 7. The molecule has 9 heteroatoms. The van der Waals surface area contributed by atoms with Gasteiger partial charge in [0.25, 0.3) is 5.91 Å². The average Bonchev–Trinajstić information content (AvgIpc) is 3.03. The SMILES string of the molecule is COc1cc2c(cc1OC)CN1C(=O)N(CCC(=O)NCc3ccncc3)C(=O)[C@H]1C2. The molecular formula is C22H24N4O5. The summed E-state index contributed by atoms with van der Waals surface area (Å²) in [6, 6.07) is 6.41. The van der Waals surface area contributed by atoms with Gasteiger partial charge in [-0.25, -0.2) is 4.79 Å². The van der Waals surface area contributed by atoms with Crippen LogP contribution in [-0.2, 0) is 29.1 Å². The molecule has 1 aromatic heterocycles. The minimum absolute atomic E-state index is 0.0514. The third-order valence-corrected chi connectivity index (χ3v) is 5.67. The Morgan fingerprint density at radius 3 is 2.48 bits per heavy atom. The number of amides is 4. The van der Waals surface area contributed by atoms with Gasteiger partial charge in [0.05, 0.1) is 14.2 Å². The van der Waals surface area contributed by atoms with Crippen LogP contribution in [0.5, 0.6) is 11.5 Å². The molecule has 3 heterocycles. The fraction of sp³-hybridized carbons (Fsp3) is 0.364. The van der Waals surface area contributed by atoms with E-state index >= 15 is 0 Å². The molecule has 162 valence electrons. The highest BCUT2D eigenvalue weighted by atomic mass is 16.5. The Labute approximate surface area is 179 Å². The van der Waals surface area contributed by atoms with E-state index in [9.17, 15) is 14.4 Å². The first-order valence-electron chi connectivity index (χ1n) is 10.0. The molecule has 0 spiro atoms. The van der Waals surface area contributed by atoms with Gasteiger partial charge in [-0.15, -0.1) is 0 Å². The molecule has 0 unspecified atom stereocenters. The van der Waals surface area contributed by atoms with Gasteiger partial charge in [-0.2, -0.15) is 0 Å². The number of carbonyl (C=O) groups excluding carboxylic acids is 3. The molecule has 1 saturated heterocycles. The van der Waals surface area contributed by atoms with Crippen LogP contribution >= 0.6 is 0 Å². The summed E-state index contributed by atoms with van der Waals surface area (Å²) in [5.41, 5.74) is 2.81. The van der Waals surface area contributed by atoms with Crippen LogP contribution in [0.2, 0.25) is 0 Å². The molecule has 0 radical (unpaired) electrons. The molecule has 9 nitrogen and oxygen atoms in total. The normalized spacial score (nSPS) is 17.3. The zero-order valence-corrected chi connectivity index (χ0v) is 17.5. The largest absolute Gasteiger partial charge is 0.493 e. The first-order valence-corrected chi connectivity index (χ1v) is 10.0. The number of carbonyl (C=O) groups is 3. The van der Waals surface area contributed by atoms with Crippen molar-refractivity contribution >= 4 is 17.8 Å². The molecule has 2 aromatic rings. The van der Waals surface area contributed by atoms with E-state index < -0.39 is 6.04 Å². The third-order valence-electron chi connectivity index (χ3n) is 5.67. The summed E-state index contributed by atoms with van der Waals surface area (Å²) < 4.78 is 10.7. The number of nitrogens with zero attached hydrogens (tertiary/aromatic N) is 3. The lowest BCUT2D eigenvalue weighted by molar-refractivity contribution is -0.129. The number of aromatic nitrogens is 1.